The maximum absolute atomic E-state index is 13.6. The number of hydrogen-bond acceptors (Lipinski definition) is 7. The van der Waals surface area contributed by atoms with E-state index in [1.807, 2.05) is 36.4 Å². The maximum Gasteiger partial charge on any atom is 0.253 e. The van der Waals surface area contributed by atoms with E-state index in [-0.39, 0.29) is 5.56 Å². The van der Waals surface area contributed by atoms with E-state index in [0.717, 1.165) is 60.0 Å². The van der Waals surface area contributed by atoms with Gasteiger partial charge in [0.2, 0.25) is 0 Å². The zero-order chi connectivity index (χ0) is 26.9. The SMILES string of the molecule is CCc1ccc2[nH]c(=O)c([C@H](c3nnnn3Cc3ccco3)N3CCN(c4cc(Cl)ccc4C)CC3)cc2c1. The lowest BCUT2D eigenvalue weighted by Crippen LogP contribution is -2.49. The predicted molar refractivity (Wildman–Crippen MR) is 151 cm³/mol. The summed E-state index contributed by atoms with van der Waals surface area (Å²) >= 11 is 6.32. The molecule has 2 aromatic carbocycles. The van der Waals surface area contributed by atoms with Gasteiger partial charge in [0.05, 0.1) is 6.26 Å². The van der Waals surface area contributed by atoms with Crippen LogP contribution in [0.2, 0.25) is 5.02 Å². The van der Waals surface area contributed by atoms with Crippen molar-refractivity contribution in [3.8, 4) is 0 Å². The number of pyridine rings is 1. The van der Waals surface area contributed by atoms with Crippen LogP contribution in [0.15, 0.2) is 70.1 Å². The molecule has 39 heavy (non-hydrogen) atoms. The Morgan fingerprint density at radius 1 is 1.08 bits per heavy atom. The Morgan fingerprint density at radius 3 is 2.69 bits per heavy atom. The van der Waals surface area contributed by atoms with E-state index in [9.17, 15) is 4.79 Å². The zero-order valence-corrected chi connectivity index (χ0v) is 22.7. The monoisotopic (exact) mass is 543 g/mol. The number of nitrogens with zero attached hydrogens (tertiary/aromatic N) is 6. The van der Waals surface area contributed by atoms with Crippen molar-refractivity contribution in [2.45, 2.75) is 32.9 Å². The molecule has 3 aromatic heterocycles. The van der Waals surface area contributed by atoms with E-state index in [1.165, 1.54) is 11.1 Å². The molecule has 200 valence electrons. The van der Waals surface area contributed by atoms with Crippen molar-refractivity contribution in [2.24, 2.45) is 0 Å². The molecule has 1 aliphatic heterocycles. The largest absolute Gasteiger partial charge is 0.467 e. The molecule has 6 rings (SSSR count). The summed E-state index contributed by atoms with van der Waals surface area (Å²) in [4.78, 5) is 21.3. The molecule has 0 unspecified atom stereocenters. The third-order valence-electron chi connectivity index (χ3n) is 7.52. The first kappa shape index (κ1) is 25.3. The van der Waals surface area contributed by atoms with Crippen LogP contribution in [0.25, 0.3) is 10.9 Å². The van der Waals surface area contributed by atoms with Crippen molar-refractivity contribution in [3.63, 3.8) is 0 Å². The molecule has 1 atom stereocenters. The van der Waals surface area contributed by atoms with E-state index in [4.69, 9.17) is 16.0 Å². The second-order valence-electron chi connectivity index (χ2n) is 9.96. The smallest absolute Gasteiger partial charge is 0.253 e. The minimum absolute atomic E-state index is 0.141. The number of aromatic amines is 1. The Balaban J connectivity index is 1.39. The number of benzene rings is 2. The summed E-state index contributed by atoms with van der Waals surface area (Å²) in [5.41, 5.74) is 4.83. The summed E-state index contributed by atoms with van der Waals surface area (Å²) in [5.74, 6) is 1.35. The first-order valence-electron chi connectivity index (χ1n) is 13.2. The maximum atomic E-state index is 13.6. The van der Waals surface area contributed by atoms with Gasteiger partial charge in [-0.25, -0.2) is 4.68 Å². The summed E-state index contributed by atoms with van der Waals surface area (Å²) in [6.07, 6.45) is 2.55. The van der Waals surface area contributed by atoms with Gasteiger partial charge in [-0.3, -0.25) is 9.69 Å². The number of piperazine rings is 1. The number of rotatable bonds is 7. The van der Waals surface area contributed by atoms with Crippen LogP contribution in [-0.2, 0) is 13.0 Å². The number of H-pyrrole nitrogens is 1. The highest BCUT2D eigenvalue weighted by Crippen LogP contribution is 2.31. The van der Waals surface area contributed by atoms with Crippen LogP contribution in [0.3, 0.4) is 0 Å². The third kappa shape index (κ3) is 5.07. The van der Waals surface area contributed by atoms with Crippen molar-refractivity contribution in [3.05, 3.63) is 105 Å². The number of hydrogen-bond donors (Lipinski definition) is 1. The van der Waals surface area contributed by atoms with Crippen molar-refractivity contribution in [1.82, 2.24) is 30.1 Å². The molecule has 1 N–H and O–H groups in total. The fourth-order valence-corrected chi connectivity index (χ4v) is 5.58. The molecule has 5 aromatic rings. The molecule has 1 fully saturated rings. The standard InChI is InChI=1S/C29H30ClN7O2/c1-3-20-7-9-25-21(15-20)16-24(29(38)31-25)27(28-32-33-34-37(28)18-23-5-4-14-39-23)36-12-10-35(11-13-36)26-17-22(30)8-6-19(26)2/h4-9,14-17,27H,3,10-13,18H2,1-2H3,(H,31,38)/t27-/m1/s1. The van der Waals surface area contributed by atoms with Gasteiger partial charge in [-0.2, -0.15) is 0 Å². The number of nitrogens with one attached hydrogen (secondary N) is 1. The number of aromatic nitrogens is 5. The first-order valence-corrected chi connectivity index (χ1v) is 13.6. The number of furan rings is 1. The Morgan fingerprint density at radius 2 is 1.92 bits per heavy atom. The number of tetrazole rings is 1. The zero-order valence-electron chi connectivity index (χ0n) is 22.0. The summed E-state index contributed by atoms with van der Waals surface area (Å²) in [7, 11) is 0. The van der Waals surface area contributed by atoms with Crippen LogP contribution in [0.5, 0.6) is 0 Å². The number of aryl methyl sites for hydroxylation is 2. The van der Waals surface area contributed by atoms with Gasteiger partial charge >= 0.3 is 0 Å². The molecule has 0 radical (unpaired) electrons. The Bertz CT molecular complexity index is 1650. The molecular formula is C29H30ClN7O2. The molecule has 0 saturated carbocycles. The van der Waals surface area contributed by atoms with Gasteiger partial charge < -0.3 is 14.3 Å². The average molecular weight is 544 g/mol. The summed E-state index contributed by atoms with van der Waals surface area (Å²) in [6.45, 7) is 7.60. The van der Waals surface area contributed by atoms with E-state index in [1.54, 1.807) is 10.9 Å². The normalized spacial score (nSPS) is 15.2. The third-order valence-corrected chi connectivity index (χ3v) is 7.76. The number of fused-ring (bicyclic) bond motifs is 1. The van der Waals surface area contributed by atoms with Gasteiger partial charge in [-0.15, -0.1) is 5.10 Å². The number of anilines is 1. The second-order valence-corrected chi connectivity index (χ2v) is 10.4. The fraction of sp³-hybridized carbons (Fsp3) is 0.310. The molecule has 4 heterocycles. The summed E-state index contributed by atoms with van der Waals surface area (Å²) < 4.78 is 7.29. The summed E-state index contributed by atoms with van der Waals surface area (Å²) in [6, 6.07) is 17.4. The van der Waals surface area contributed by atoms with Crippen LogP contribution < -0.4 is 10.5 Å². The highest BCUT2D eigenvalue weighted by atomic mass is 35.5. The summed E-state index contributed by atoms with van der Waals surface area (Å²) in [5, 5.41) is 14.4. The van der Waals surface area contributed by atoms with Gasteiger partial charge in [0.25, 0.3) is 5.56 Å². The quantitative estimate of drug-likeness (QED) is 0.321. The molecular weight excluding hydrogens is 514 g/mol. The lowest BCUT2D eigenvalue weighted by atomic mass is 10.0. The molecule has 0 aliphatic carbocycles. The van der Waals surface area contributed by atoms with E-state index in [2.05, 4.69) is 62.4 Å². The van der Waals surface area contributed by atoms with Crippen LogP contribution in [0.1, 0.15) is 41.2 Å². The van der Waals surface area contributed by atoms with Crippen LogP contribution in [-0.4, -0.2) is 56.3 Å². The minimum atomic E-state index is -0.434. The molecule has 1 saturated heterocycles. The van der Waals surface area contributed by atoms with Gasteiger partial charge in [-0.05, 0) is 82.7 Å². The minimum Gasteiger partial charge on any atom is -0.467 e. The van der Waals surface area contributed by atoms with Gasteiger partial charge in [-0.1, -0.05) is 30.7 Å². The molecule has 0 amide bonds. The lowest BCUT2D eigenvalue weighted by molar-refractivity contribution is 0.200. The van der Waals surface area contributed by atoms with Crippen LogP contribution in [0, 0.1) is 6.92 Å². The molecule has 9 nitrogen and oxygen atoms in total. The van der Waals surface area contributed by atoms with Gasteiger partial charge in [0.1, 0.15) is 18.3 Å². The molecule has 1 aliphatic rings. The second kappa shape index (κ2) is 10.7. The Hall–Kier alpha value is -3.95. The van der Waals surface area contributed by atoms with Gasteiger partial charge in [0.15, 0.2) is 5.82 Å². The number of halogens is 1. The van der Waals surface area contributed by atoms with Crippen LogP contribution >= 0.6 is 11.6 Å². The first-order chi connectivity index (χ1) is 19.0. The Kier molecular flexibility index (Phi) is 6.93. The van der Waals surface area contributed by atoms with Crippen LogP contribution in [0.4, 0.5) is 5.69 Å². The van der Waals surface area contributed by atoms with E-state index in [0.29, 0.717) is 17.9 Å². The average Bonchev–Trinajstić information content (AvgIpc) is 3.63. The topological polar surface area (TPSA) is 96.1 Å². The van der Waals surface area contributed by atoms with Crippen molar-refractivity contribution in [2.75, 3.05) is 31.1 Å². The highest BCUT2D eigenvalue weighted by Gasteiger charge is 2.33. The molecule has 10 heteroatoms. The predicted octanol–water partition coefficient (Wildman–Crippen LogP) is 4.59. The van der Waals surface area contributed by atoms with Crippen molar-refractivity contribution < 1.29 is 4.42 Å². The molecule has 0 bridgehead atoms. The highest BCUT2D eigenvalue weighted by molar-refractivity contribution is 6.30. The fourth-order valence-electron chi connectivity index (χ4n) is 5.41. The lowest BCUT2D eigenvalue weighted by Gasteiger charge is -2.40. The van der Waals surface area contributed by atoms with Crippen molar-refractivity contribution in [1.29, 1.82) is 0 Å². The molecule has 0 spiro atoms. The Labute approximate surface area is 231 Å². The van der Waals surface area contributed by atoms with E-state index < -0.39 is 6.04 Å². The van der Waals surface area contributed by atoms with Crippen molar-refractivity contribution >= 4 is 28.2 Å². The van der Waals surface area contributed by atoms with Gasteiger partial charge in [0, 0.05) is 48.0 Å². The van der Waals surface area contributed by atoms with E-state index >= 15 is 0 Å².